The average molecular weight is 293 g/mol. The summed E-state index contributed by atoms with van der Waals surface area (Å²) in [6.07, 6.45) is 0. The van der Waals surface area contributed by atoms with Gasteiger partial charge in [0, 0.05) is 26.7 Å². The van der Waals surface area contributed by atoms with Crippen LogP contribution in [0, 0.1) is 0 Å². The molecule has 0 radical (unpaired) electrons. The highest BCUT2D eigenvalue weighted by Crippen LogP contribution is 2.04. The first-order chi connectivity index (χ1) is 10.2. The molecule has 0 bridgehead atoms. The third-order valence-corrected chi connectivity index (χ3v) is 2.94. The van der Waals surface area contributed by atoms with Crippen LogP contribution in [0.5, 0.6) is 0 Å². The molecule has 0 atom stereocenters. The maximum atomic E-state index is 12.1. The van der Waals surface area contributed by atoms with E-state index >= 15 is 0 Å². The number of nitrogens with zero attached hydrogens (tertiary/aromatic N) is 1. The fourth-order valence-electron chi connectivity index (χ4n) is 1.78. The van der Waals surface area contributed by atoms with E-state index in [1.54, 1.807) is 12.0 Å². The Labute approximate surface area is 125 Å². The van der Waals surface area contributed by atoms with E-state index in [-0.39, 0.29) is 18.5 Å². The van der Waals surface area contributed by atoms with Gasteiger partial charge in [0.15, 0.2) is 0 Å². The van der Waals surface area contributed by atoms with Crippen LogP contribution in [0.25, 0.3) is 0 Å². The van der Waals surface area contributed by atoms with Crippen molar-refractivity contribution in [2.75, 3.05) is 33.4 Å². The third kappa shape index (κ3) is 6.76. The van der Waals surface area contributed by atoms with Gasteiger partial charge in [-0.3, -0.25) is 4.79 Å². The predicted octanol–water partition coefficient (Wildman–Crippen LogP) is 0.981. The van der Waals surface area contributed by atoms with Gasteiger partial charge in [-0.2, -0.15) is 0 Å². The van der Waals surface area contributed by atoms with Crippen LogP contribution in [-0.4, -0.2) is 50.2 Å². The van der Waals surface area contributed by atoms with Gasteiger partial charge >= 0.3 is 6.03 Å². The number of likely N-dealkylation sites (N-methyl/N-ethyl adjacent to an activating group) is 1. The number of hydrogen-bond acceptors (Lipinski definition) is 3. The Kier molecular flexibility index (Phi) is 7.89. The summed E-state index contributed by atoms with van der Waals surface area (Å²) in [5.74, 6) is -0.108. The lowest BCUT2D eigenvalue weighted by Gasteiger charge is -2.21. The van der Waals surface area contributed by atoms with Gasteiger partial charge in [-0.25, -0.2) is 4.79 Å². The lowest BCUT2D eigenvalue weighted by molar-refractivity contribution is -0.130. The van der Waals surface area contributed by atoms with Crippen molar-refractivity contribution in [1.29, 1.82) is 0 Å². The van der Waals surface area contributed by atoms with E-state index in [2.05, 4.69) is 10.6 Å². The predicted molar refractivity (Wildman–Crippen MR) is 80.8 cm³/mol. The Hall–Kier alpha value is -2.08. The summed E-state index contributed by atoms with van der Waals surface area (Å²) in [7, 11) is 1.56. The Morgan fingerprint density at radius 3 is 2.52 bits per heavy atom. The highest BCUT2D eigenvalue weighted by Gasteiger charge is 2.12. The molecular formula is C15H23N3O3. The van der Waals surface area contributed by atoms with Crippen molar-refractivity contribution < 1.29 is 14.3 Å². The molecule has 3 amide bonds. The zero-order valence-electron chi connectivity index (χ0n) is 12.6. The summed E-state index contributed by atoms with van der Waals surface area (Å²) in [5.41, 5.74) is 1.07. The van der Waals surface area contributed by atoms with Crippen LogP contribution in [0.3, 0.4) is 0 Å². The van der Waals surface area contributed by atoms with Gasteiger partial charge in [-0.1, -0.05) is 30.3 Å². The van der Waals surface area contributed by atoms with Crippen LogP contribution < -0.4 is 10.6 Å². The van der Waals surface area contributed by atoms with E-state index in [4.69, 9.17) is 4.74 Å². The largest absolute Gasteiger partial charge is 0.383 e. The summed E-state index contributed by atoms with van der Waals surface area (Å²) in [5, 5.41) is 5.14. The van der Waals surface area contributed by atoms with E-state index in [1.807, 2.05) is 37.3 Å². The second-order valence-corrected chi connectivity index (χ2v) is 4.50. The molecule has 21 heavy (non-hydrogen) atoms. The van der Waals surface area contributed by atoms with E-state index in [0.29, 0.717) is 26.2 Å². The van der Waals surface area contributed by atoms with Crippen molar-refractivity contribution in [1.82, 2.24) is 15.5 Å². The zero-order chi connectivity index (χ0) is 15.5. The molecule has 0 aromatic heterocycles. The number of rotatable bonds is 8. The summed E-state index contributed by atoms with van der Waals surface area (Å²) >= 11 is 0. The molecule has 1 rings (SSSR count). The van der Waals surface area contributed by atoms with Gasteiger partial charge in [-0.05, 0) is 12.5 Å². The molecule has 0 spiro atoms. The lowest BCUT2D eigenvalue weighted by Crippen LogP contribution is -2.44. The molecule has 2 N–H and O–H groups in total. The Bertz CT molecular complexity index is 437. The van der Waals surface area contributed by atoms with E-state index in [0.717, 1.165) is 5.56 Å². The molecule has 0 aliphatic heterocycles. The van der Waals surface area contributed by atoms with E-state index in [1.165, 1.54) is 0 Å². The molecule has 0 saturated carbocycles. The fourth-order valence-corrected chi connectivity index (χ4v) is 1.78. The smallest absolute Gasteiger partial charge is 0.315 e. The van der Waals surface area contributed by atoms with Crippen LogP contribution in [0.2, 0.25) is 0 Å². The molecule has 6 heteroatoms. The zero-order valence-corrected chi connectivity index (χ0v) is 12.6. The first kappa shape index (κ1) is 17.0. The van der Waals surface area contributed by atoms with Crippen LogP contribution >= 0.6 is 0 Å². The third-order valence-electron chi connectivity index (χ3n) is 2.94. The van der Waals surface area contributed by atoms with Gasteiger partial charge in [0.2, 0.25) is 5.91 Å². The monoisotopic (exact) mass is 293 g/mol. The highest BCUT2D eigenvalue weighted by molar-refractivity contribution is 5.83. The maximum Gasteiger partial charge on any atom is 0.315 e. The Balaban J connectivity index is 2.36. The van der Waals surface area contributed by atoms with Crippen molar-refractivity contribution in [2.45, 2.75) is 13.5 Å². The first-order valence-electron chi connectivity index (χ1n) is 6.99. The lowest BCUT2D eigenvalue weighted by atomic mass is 10.2. The van der Waals surface area contributed by atoms with E-state index in [9.17, 15) is 9.59 Å². The van der Waals surface area contributed by atoms with Crippen molar-refractivity contribution in [3.63, 3.8) is 0 Å². The molecule has 0 aliphatic carbocycles. The standard InChI is InChI=1S/C15H23N3O3/c1-3-18(12-13-7-5-4-6-8-13)14(19)11-17-15(20)16-9-10-21-2/h4-8H,3,9-12H2,1-2H3,(H2,16,17,20). The number of ether oxygens (including phenoxy) is 1. The summed E-state index contributed by atoms with van der Waals surface area (Å²) in [6.45, 7) is 3.90. The minimum atomic E-state index is -0.365. The van der Waals surface area contributed by atoms with Crippen molar-refractivity contribution in [3.8, 4) is 0 Å². The molecule has 0 aliphatic rings. The molecule has 0 unspecified atom stereocenters. The van der Waals surface area contributed by atoms with Gasteiger partial charge < -0.3 is 20.3 Å². The normalized spacial score (nSPS) is 10.0. The average Bonchev–Trinajstić information content (AvgIpc) is 2.51. The highest BCUT2D eigenvalue weighted by atomic mass is 16.5. The fraction of sp³-hybridized carbons (Fsp3) is 0.467. The minimum absolute atomic E-state index is 0.0144. The number of carbonyl (C=O) groups excluding carboxylic acids is 2. The Morgan fingerprint density at radius 1 is 1.19 bits per heavy atom. The molecule has 0 saturated heterocycles. The van der Waals surface area contributed by atoms with Crippen molar-refractivity contribution >= 4 is 11.9 Å². The number of urea groups is 1. The molecule has 116 valence electrons. The second kappa shape index (κ2) is 9.77. The molecule has 0 fully saturated rings. The molecule has 1 aromatic carbocycles. The number of nitrogens with one attached hydrogen (secondary N) is 2. The van der Waals surface area contributed by atoms with Gasteiger partial charge in [0.25, 0.3) is 0 Å². The SMILES string of the molecule is CCN(Cc1ccccc1)C(=O)CNC(=O)NCCOC. The van der Waals surface area contributed by atoms with Crippen LogP contribution in [-0.2, 0) is 16.1 Å². The molecule has 1 aromatic rings. The molecule has 0 heterocycles. The minimum Gasteiger partial charge on any atom is -0.383 e. The quantitative estimate of drug-likeness (QED) is 0.702. The van der Waals surface area contributed by atoms with Crippen LogP contribution in [0.1, 0.15) is 12.5 Å². The van der Waals surface area contributed by atoms with Crippen LogP contribution in [0.15, 0.2) is 30.3 Å². The van der Waals surface area contributed by atoms with Crippen LogP contribution in [0.4, 0.5) is 4.79 Å². The number of benzene rings is 1. The van der Waals surface area contributed by atoms with Crippen molar-refractivity contribution in [3.05, 3.63) is 35.9 Å². The number of carbonyl (C=O) groups is 2. The molecule has 6 nitrogen and oxygen atoms in total. The Morgan fingerprint density at radius 2 is 1.90 bits per heavy atom. The topological polar surface area (TPSA) is 70.7 Å². The second-order valence-electron chi connectivity index (χ2n) is 4.50. The van der Waals surface area contributed by atoms with E-state index < -0.39 is 0 Å². The van der Waals surface area contributed by atoms with Gasteiger partial charge in [0.05, 0.1) is 13.2 Å². The summed E-state index contributed by atoms with van der Waals surface area (Å²) < 4.78 is 4.82. The van der Waals surface area contributed by atoms with Gasteiger partial charge in [-0.15, -0.1) is 0 Å². The summed E-state index contributed by atoms with van der Waals surface area (Å²) in [4.78, 5) is 25.2. The maximum absolute atomic E-state index is 12.1. The number of hydrogen-bond donors (Lipinski definition) is 2. The first-order valence-corrected chi connectivity index (χ1v) is 6.99. The van der Waals surface area contributed by atoms with Crippen molar-refractivity contribution in [2.24, 2.45) is 0 Å². The van der Waals surface area contributed by atoms with Gasteiger partial charge in [0.1, 0.15) is 0 Å². The summed E-state index contributed by atoms with van der Waals surface area (Å²) in [6, 6.07) is 9.40. The number of methoxy groups -OCH3 is 1. The number of amides is 3. The molecular weight excluding hydrogens is 270 g/mol.